The van der Waals surface area contributed by atoms with Crippen LogP contribution < -0.4 is 0 Å². The Hall–Kier alpha value is -2.66. The lowest BCUT2D eigenvalue weighted by molar-refractivity contribution is 0.0690. The summed E-state index contributed by atoms with van der Waals surface area (Å²) < 4.78 is 1.73. The van der Waals surface area contributed by atoms with Crippen LogP contribution in [-0.4, -0.2) is 31.6 Å². The first kappa shape index (κ1) is 18.1. The van der Waals surface area contributed by atoms with Crippen LogP contribution in [0, 0.1) is 0 Å². The molecule has 0 unspecified atom stereocenters. The van der Waals surface area contributed by atoms with Gasteiger partial charge in [-0.05, 0) is 37.1 Å². The number of halogens is 1. The third-order valence-electron chi connectivity index (χ3n) is 4.13. The fraction of sp³-hybridized carbons (Fsp3) is 0.250. The molecule has 0 spiro atoms. The van der Waals surface area contributed by atoms with Crippen molar-refractivity contribution in [2.24, 2.45) is 0 Å². The highest BCUT2D eigenvalue weighted by Crippen LogP contribution is 2.17. The smallest absolute Gasteiger partial charge is 0.257 e. The fourth-order valence-electron chi connectivity index (χ4n) is 2.70. The molecule has 0 N–H and O–H groups in total. The van der Waals surface area contributed by atoms with Gasteiger partial charge in [-0.2, -0.15) is 5.10 Å². The van der Waals surface area contributed by atoms with Gasteiger partial charge in [-0.3, -0.25) is 14.5 Å². The van der Waals surface area contributed by atoms with E-state index in [9.17, 15) is 4.79 Å². The molecule has 3 aromatic rings. The standard InChI is InChI=1S/C20H21ClN4O/c1-15(2)25(12-16-6-5-9-22-10-16)20(26)18-11-23-24(14-18)13-17-7-3-4-8-19(17)21/h3-11,14-15H,12-13H2,1-2H3. The lowest BCUT2D eigenvalue weighted by Crippen LogP contribution is -2.36. The molecule has 0 saturated carbocycles. The van der Waals surface area contributed by atoms with E-state index in [4.69, 9.17) is 11.6 Å². The molecule has 0 aliphatic carbocycles. The van der Waals surface area contributed by atoms with Crippen LogP contribution in [0.1, 0.15) is 35.3 Å². The van der Waals surface area contributed by atoms with Crippen LogP contribution >= 0.6 is 11.6 Å². The van der Waals surface area contributed by atoms with Gasteiger partial charge in [-0.15, -0.1) is 0 Å². The van der Waals surface area contributed by atoms with Crippen LogP contribution in [0.4, 0.5) is 0 Å². The molecule has 1 aromatic carbocycles. The van der Waals surface area contributed by atoms with Crippen molar-refractivity contribution in [3.63, 3.8) is 0 Å². The highest BCUT2D eigenvalue weighted by molar-refractivity contribution is 6.31. The summed E-state index contributed by atoms with van der Waals surface area (Å²) >= 11 is 6.20. The van der Waals surface area contributed by atoms with E-state index < -0.39 is 0 Å². The second kappa shape index (κ2) is 8.15. The summed E-state index contributed by atoms with van der Waals surface area (Å²) in [6.45, 7) is 5.04. The Morgan fingerprint density at radius 1 is 1.19 bits per heavy atom. The zero-order valence-corrected chi connectivity index (χ0v) is 15.6. The van der Waals surface area contributed by atoms with Crippen molar-refractivity contribution < 1.29 is 4.79 Å². The summed E-state index contributed by atoms with van der Waals surface area (Å²) in [5.41, 5.74) is 2.53. The normalized spacial score (nSPS) is 10.9. The Kier molecular flexibility index (Phi) is 5.68. The molecule has 1 amide bonds. The van der Waals surface area contributed by atoms with Crippen molar-refractivity contribution in [2.75, 3.05) is 0 Å². The number of carbonyl (C=O) groups excluding carboxylic acids is 1. The van der Waals surface area contributed by atoms with Gasteiger partial charge in [0.25, 0.3) is 5.91 Å². The summed E-state index contributed by atoms with van der Waals surface area (Å²) in [6.07, 6.45) is 6.88. The first-order chi connectivity index (χ1) is 12.5. The molecule has 0 radical (unpaired) electrons. The average Bonchev–Trinajstić information content (AvgIpc) is 3.10. The number of benzene rings is 1. The van der Waals surface area contributed by atoms with Crippen molar-refractivity contribution >= 4 is 17.5 Å². The summed E-state index contributed by atoms with van der Waals surface area (Å²) in [5.74, 6) is -0.0470. The number of carbonyl (C=O) groups is 1. The quantitative estimate of drug-likeness (QED) is 0.660. The number of nitrogens with zero attached hydrogens (tertiary/aromatic N) is 4. The van der Waals surface area contributed by atoms with Crippen LogP contribution in [0.2, 0.25) is 5.02 Å². The number of rotatable bonds is 6. The van der Waals surface area contributed by atoms with E-state index in [1.807, 2.05) is 55.1 Å². The predicted octanol–water partition coefficient (Wildman–Crippen LogP) is 4.03. The Bertz CT molecular complexity index is 876. The molecular formula is C20H21ClN4O. The molecule has 2 heterocycles. The molecular weight excluding hydrogens is 348 g/mol. The van der Waals surface area contributed by atoms with Crippen LogP contribution in [0.3, 0.4) is 0 Å². The zero-order chi connectivity index (χ0) is 18.5. The minimum Gasteiger partial charge on any atom is -0.332 e. The first-order valence-corrected chi connectivity index (χ1v) is 8.88. The summed E-state index contributed by atoms with van der Waals surface area (Å²) in [7, 11) is 0. The van der Waals surface area contributed by atoms with E-state index in [1.165, 1.54) is 0 Å². The third kappa shape index (κ3) is 4.29. The van der Waals surface area contributed by atoms with Crippen molar-refractivity contribution in [1.82, 2.24) is 19.7 Å². The number of pyridine rings is 1. The second-order valence-electron chi connectivity index (χ2n) is 6.41. The molecule has 6 heteroatoms. The number of hydrogen-bond donors (Lipinski definition) is 0. The van der Waals surface area contributed by atoms with Gasteiger partial charge in [0.05, 0.1) is 18.3 Å². The number of aromatic nitrogens is 3. The number of hydrogen-bond acceptors (Lipinski definition) is 3. The van der Waals surface area contributed by atoms with E-state index in [0.717, 1.165) is 11.1 Å². The predicted molar refractivity (Wildman–Crippen MR) is 102 cm³/mol. The van der Waals surface area contributed by atoms with Gasteiger partial charge >= 0.3 is 0 Å². The Morgan fingerprint density at radius 3 is 2.69 bits per heavy atom. The van der Waals surface area contributed by atoms with Gasteiger partial charge in [0.2, 0.25) is 0 Å². The van der Waals surface area contributed by atoms with Crippen LogP contribution in [0.25, 0.3) is 0 Å². The van der Waals surface area contributed by atoms with Crippen LogP contribution in [0.15, 0.2) is 61.2 Å². The Morgan fingerprint density at radius 2 is 2.00 bits per heavy atom. The SMILES string of the molecule is CC(C)N(Cc1cccnc1)C(=O)c1cnn(Cc2ccccc2Cl)c1. The Balaban J connectivity index is 1.76. The van der Waals surface area contributed by atoms with Gasteiger partial charge in [-0.25, -0.2) is 0 Å². The van der Waals surface area contributed by atoms with Crippen LogP contribution in [0.5, 0.6) is 0 Å². The van der Waals surface area contributed by atoms with Crippen molar-refractivity contribution in [1.29, 1.82) is 0 Å². The molecule has 0 aliphatic rings. The molecule has 0 bridgehead atoms. The van der Waals surface area contributed by atoms with Gasteiger partial charge < -0.3 is 4.90 Å². The van der Waals surface area contributed by atoms with Gasteiger partial charge in [0, 0.05) is 36.2 Å². The van der Waals surface area contributed by atoms with Crippen molar-refractivity contribution in [3.8, 4) is 0 Å². The molecule has 134 valence electrons. The van der Waals surface area contributed by atoms with E-state index in [2.05, 4.69) is 10.1 Å². The summed E-state index contributed by atoms with van der Waals surface area (Å²) in [6, 6.07) is 11.5. The second-order valence-corrected chi connectivity index (χ2v) is 6.81. The zero-order valence-electron chi connectivity index (χ0n) is 14.8. The van der Waals surface area contributed by atoms with E-state index in [1.54, 1.807) is 29.5 Å². The fourth-order valence-corrected chi connectivity index (χ4v) is 2.90. The molecule has 0 atom stereocenters. The topological polar surface area (TPSA) is 51.0 Å². The van der Waals surface area contributed by atoms with Crippen molar-refractivity contribution in [3.05, 3.63) is 82.9 Å². The summed E-state index contributed by atoms with van der Waals surface area (Å²) in [5, 5.41) is 5.01. The first-order valence-electron chi connectivity index (χ1n) is 8.50. The number of amides is 1. The lowest BCUT2D eigenvalue weighted by atomic mass is 10.2. The van der Waals surface area contributed by atoms with Gasteiger partial charge in [0.1, 0.15) is 0 Å². The maximum Gasteiger partial charge on any atom is 0.257 e. The minimum atomic E-state index is -0.0470. The van der Waals surface area contributed by atoms with E-state index in [-0.39, 0.29) is 11.9 Å². The molecule has 0 saturated heterocycles. The highest BCUT2D eigenvalue weighted by Gasteiger charge is 2.20. The van der Waals surface area contributed by atoms with Crippen molar-refractivity contribution in [2.45, 2.75) is 33.0 Å². The largest absolute Gasteiger partial charge is 0.332 e. The molecule has 26 heavy (non-hydrogen) atoms. The molecule has 2 aromatic heterocycles. The van der Waals surface area contributed by atoms with E-state index >= 15 is 0 Å². The molecule has 0 aliphatic heterocycles. The monoisotopic (exact) mass is 368 g/mol. The maximum atomic E-state index is 12.9. The average molecular weight is 369 g/mol. The van der Waals surface area contributed by atoms with Gasteiger partial charge in [-0.1, -0.05) is 35.9 Å². The lowest BCUT2D eigenvalue weighted by Gasteiger charge is -2.26. The molecule has 0 fully saturated rings. The Labute approximate surface area is 158 Å². The third-order valence-corrected chi connectivity index (χ3v) is 4.50. The molecule has 3 rings (SSSR count). The van der Waals surface area contributed by atoms with E-state index in [0.29, 0.717) is 23.7 Å². The minimum absolute atomic E-state index is 0.0470. The van der Waals surface area contributed by atoms with Gasteiger partial charge in [0.15, 0.2) is 0 Å². The highest BCUT2D eigenvalue weighted by atomic mass is 35.5. The summed E-state index contributed by atoms with van der Waals surface area (Å²) in [4.78, 5) is 18.9. The van der Waals surface area contributed by atoms with Crippen LogP contribution in [-0.2, 0) is 13.1 Å². The maximum absolute atomic E-state index is 12.9. The molecule has 5 nitrogen and oxygen atoms in total.